The van der Waals surface area contributed by atoms with Gasteiger partial charge in [0, 0.05) is 0 Å². The van der Waals surface area contributed by atoms with E-state index in [2.05, 4.69) is 20.3 Å². The van der Waals surface area contributed by atoms with E-state index in [0.29, 0.717) is 5.92 Å². The zero-order valence-electron chi connectivity index (χ0n) is 8.83. The quantitative estimate of drug-likeness (QED) is 0.662. The zero-order valence-corrected chi connectivity index (χ0v) is 8.83. The summed E-state index contributed by atoms with van der Waals surface area (Å²) in [5.41, 5.74) is -0.228. The fourth-order valence-electron chi connectivity index (χ4n) is 1.04. The molecule has 0 saturated heterocycles. The van der Waals surface area contributed by atoms with Crippen LogP contribution in [0.2, 0.25) is 0 Å². The summed E-state index contributed by atoms with van der Waals surface area (Å²) in [5, 5.41) is 17.5. The maximum Gasteiger partial charge on any atom is 0.138 e. The van der Waals surface area contributed by atoms with E-state index < -0.39 is 5.92 Å². The molecule has 0 unspecified atom stereocenters. The summed E-state index contributed by atoms with van der Waals surface area (Å²) in [6.07, 6.45) is 2.97. The fraction of sp³-hybridized carbons (Fsp3) is 0.727. The molecular formula is C11H17N2. The average molecular weight is 177 g/mol. The number of hydrogen-bond donors (Lipinski definition) is 0. The Kier molecular flexibility index (Phi) is 4.49. The van der Waals surface area contributed by atoms with Crippen LogP contribution in [0, 0.1) is 46.3 Å². The Morgan fingerprint density at radius 2 is 1.69 bits per heavy atom. The topological polar surface area (TPSA) is 47.6 Å². The van der Waals surface area contributed by atoms with Crippen LogP contribution in [-0.2, 0) is 0 Å². The molecule has 0 spiro atoms. The van der Waals surface area contributed by atoms with Crippen LogP contribution in [0.15, 0.2) is 0 Å². The lowest BCUT2D eigenvalue weighted by Crippen LogP contribution is -2.22. The molecule has 0 heterocycles. The molecule has 0 aromatic carbocycles. The second kappa shape index (κ2) is 4.87. The van der Waals surface area contributed by atoms with Crippen molar-refractivity contribution in [3.63, 3.8) is 0 Å². The molecule has 0 atom stereocenters. The first-order valence-corrected chi connectivity index (χ1v) is 4.56. The molecule has 0 aliphatic carbocycles. The Labute approximate surface area is 81.2 Å². The number of nitrogens with zero attached hydrogens (tertiary/aromatic N) is 2. The van der Waals surface area contributed by atoms with Gasteiger partial charge in [-0.15, -0.1) is 0 Å². The van der Waals surface area contributed by atoms with E-state index in [1.165, 1.54) is 0 Å². The molecule has 1 radical (unpaired) electrons. The third-order valence-corrected chi connectivity index (χ3v) is 2.16. The fourth-order valence-corrected chi connectivity index (χ4v) is 1.04. The predicted molar refractivity (Wildman–Crippen MR) is 52.3 cm³/mol. The van der Waals surface area contributed by atoms with Gasteiger partial charge in [0.15, 0.2) is 0 Å². The van der Waals surface area contributed by atoms with Crippen LogP contribution in [0.5, 0.6) is 0 Å². The summed E-state index contributed by atoms with van der Waals surface area (Å²) in [7, 11) is 0. The smallest absolute Gasteiger partial charge is 0.138 e. The Bertz CT molecular complexity index is 213. The lowest BCUT2D eigenvalue weighted by atomic mass is 9.76. The van der Waals surface area contributed by atoms with E-state index in [-0.39, 0.29) is 5.41 Å². The standard InChI is InChI=1S/C11H17N2/c1-9(2)5-6-11(3,4)10(7-12)8-13/h5,9-10H,6H2,1-4H3. The molecule has 0 rings (SSSR count). The average Bonchev–Trinajstić information content (AvgIpc) is 2.03. The van der Waals surface area contributed by atoms with Crippen molar-refractivity contribution < 1.29 is 0 Å². The Hall–Kier alpha value is -1.02. The highest BCUT2D eigenvalue weighted by Gasteiger charge is 2.29. The van der Waals surface area contributed by atoms with E-state index in [4.69, 9.17) is 10.5 Å². The predicted octanol–water partition coefficient (Wildman–Crippen LogP) is 2.93. The lowest BCUT2D eigenvalue weighted by Gasteiger charge is -2.25. The molecule has 0 bridgehead atoms. The Morgan fingerprint density at radius 1 is 1.23 bits per heavy atom. The van der Waals surface area contributed by atoms with Crippen LogP contribution in [-0.4, -0.2) is 0 Å². The Morgan fingerprint density at radius 3 is 2.00 bits per heavy atom. The second-order valence-electron chi connectivity index (χ2n) is 4.36. The van der Waals surface area contributed by atoms with Crippen molar-refractivity contribution in [3.05, 3.63) is 6.42 Å². The van der Waals surface area contributed by atoms with Gasteiger partial charge < -0.3 is 0 Å². The molecule has 0 fully saturated rings. The largest absolute Gasteiger partial charge is 0.197 e. The summed E-state index contributed by atoms with van der Waals surface area (Å²) in [4.78, 5) is 0. The molecule has 2 heteroatoms. The van der Waals surface area contributed by atoms with Gasteiger partial charge in [0.25, 0.3) is 0 Å². The number of nitriles is 2. The molecule has 0 aliphatic rings. The van der Waals surface area contributed by atoms with E-state index in [1.54, 1.807) is 0 Å². The minimum absolute atomic E-state index is 0.228. The first-order chi connectivity index (χ1) is 5.94. The molecule has 13 heavy (non-hydrogen) atoms. The van der Waals surface area contributed by atoms with Crippen molar-refractivity contribution in [3.8, 4) is 12.1 Å². The molecule has 71 valence electrons. The highest BCUT2D eigenvalue weighted by Crippen LogP contribution is 2.32. The van der Waals surface area contributed by atoms with Crippen molar-refractivity contribution in [2.45, 2.75) is 34.1 Å². The molecule has 0 N–H and O–H groups in total. The van der Waals surface area contributed by atoms with Crippen molar-refractivity contribution in [1.82, 2.24) is 0 Å². The second-order valence-corrected chi connectivity index (χ2v) is 4.36. The first-order valence-electron chi connectivity index (χ1n) is 4.56. The van der Waals surface area contributed by atoms with Crippen molar-refractivity contribution in [1.29, 1.82) is 10.5 Å². The van der Waals surface area contributed by atoms with Crippen LogP contribution in [0.1, 0.15) is 34.1 Å². The lowest BCUT2D eigenvalue weighted by molar-refractivity contribution is 0.300. The van der Waals surface area contributed by atoms with Gasteiger partial charge in [-0.3, -0.25) is 0 Å². The molecule has 0 aromatic heterocycles. The van der Waals surface area contributed by atoms with E-state index in [0.717, 1.165) is 6.42 Å². The molecule has 0 aliphatic heterocycles. The summed E-state index contributed by atoms with van der Waals surface area (Å²) < 4.78 is 0. The van der Waals surface area contributed by atoms with Gasteiger partial charge in [0.1, 0.15) is 5.92 Å². The third kappa shape index (κ3) is 3.95. The molecule has 0 saturated carbocycles. The van der Waals surface area contributed by atoms with Crippen LogP contribution >= 0.6 is 0 Å². The van der Waals surface area contributed by atoms with Crippen LogP contribution in [0.25, 0.3) is 0 Å². The summed E-state index contributed by atoms with van der Waals surface area (Å²) >= 11 is 0. The van der Waals surface area contributed by atoms with E-state index >= 15 is 0 Å². The van der Waals surface area contributed by atoms with E-state index in [9.17, 15) is 0 Å². The van der Waals surface area contributed by atoms with Crippen molar-refractivity contribution in [2.24, 2.45) is 17.3 Å². The summed E-state index contributed by atoms with van der Waals surface area (Å²) in [5.74, 6) is -0.000175. The monoisotopic (exact) mass is 177 g/mol. The van der Waals surface area contributed by atoms with Crippen LogP contribution in [0.4, 0.5) is 0 Å². The maximum absolute atomic E-state index is 8.74. The highest BCUT2D eigenvalue weighted by atomic mass is 14.4. The van der Waals surface area contributed by atoms with Gasteiger partial charge in [-0.2, -0.15) is 10.5 Å². The van der Waals surface area contributed by atoms with Gasteiger partial charge in [-0.1, -0.05) is 27.7 Å². The van der Waals surface area contributed by atoms with Crippen LogP contribution < -0.4 is 0 Å². The summed E-state index contributed by atoms with van der Waals surface area (Å²) in [6.45, 7) is 8.12. The molecule has 2 nitrogen and oxygen atoms in total. The third-order valence-electron chi connectivity index (χ3n) is 2.16. The van der Waals surface area contributed by atoms with Gasteiger partial charge in [0.05, 0.1) is 12.1 Å². The van der Waals surface area contributed by atoms with Gasteiger partial charge >= 0.3 is 0 Å². The van der Waals surface area contributed by atoms with Gasteiger partial charge in [-0.05, 0) is 24.2 Å². The highest BCUT2D eigenvalue weighted by molar-refractivity contribution is 5.07. The van der Waals surface area contributed by atoms with Crippen molar-refractivity contribution in [2.75, 3.05) is 0 Å². The molecule has 0 amide bonds. The summed E-state index contributed by atoms with van der Waals surface area (Å²) in [6, 6.07) is 4.07. The zero-order chi connectivity index (χ0) is 10.5. The van der Waals surface area contributed by atoms with Gasteiger partial charge in [0.2, 0.25) is 0 Å². The number of hydrogen-bond acceptors (Lipinski definition) is 2. The normalized spacial score (nSPS) is 11.4. The van der Waals surface area contributed by atoms with Gasteiger partial charge in [-0.25, -0.2) is 0 Å². The minimum atomic E-state index is -0.512. The van der Waals surface area contributed by atoms with E-state index in [1.807, 2.05) is 26.0 Å². The SMILES string of the molecule is CC(C)[CH]CC(C)(C)C(C#N)C#N. The Balaban J connectivity index is 4.24. The number of rotatable bonds is 4. The maximum atomic E-state index is 8.74. The minimum Gasteiger partial charge on any atom is -0.197 e. The van der Waals surface area contributed by atoms with Crippen molar-refractivity contribution >= 4 is 0 Å². The molecular weight excluding hydrogens is 160 g/mol. The van der Waals surface area contributed by atoms with Crippen LogP contribution in [0.3, 0.4) is 0 Å². The first kappa shape index (κ1) is 12.0. The molecule has 0 aromatic rings.